The van der Waals surface area contributed by atoms with E-state index in [1.54, 1.807) is 30.3 Å². The molecule has 0 aliphatic heterocycles. The zero-order chi connectivity index (χ0) is 27.3. The van der Waals surface area contributed by atoms with Crippen molar-refractivity contribution in [2.24, 2.45) is 11.5 Å². The van der Waals surface area contributed by atoms with E-state index in [-0.39, 0.29) is 37.9 Å². The van der Waals surface area contributed by atoms with Crippen molar-refractivity contribution >= 4 is 48.2 Å². The number of carboxylic acids is 2. The number of aliphatic carboxylic acids is 2. The summed E-state index contributed by atoms with van der Waals surface area (Å²) in [4.78, 5) is 71.6. The zero-order valence-electron chi connectivity index (χ0n) is 19.4. The Morgan fingerprint density at radius 1 is 0.806 bits per heavy atom. The molecule has 0 aromatic heterocycles. The average molecular weight is 526 g/mol. The first-order valence-electron chi connectivity index (χ1n) is 11.0. The molecule has 1 aromatic rings. The molecule has 13 nitrogen and oxygen atoms in total. The highest BCUT2D eigenvalue weighted by atomic mass is 32.1. The molecule has 4 amide bonds. The smallest absolute Gasteiger partial charge is 0.327 e. The lowest BCUT2D eigenvalue weighted by molar-refractivity contribution is -0.142. The minimum absolute atomic E-state index is 0.00259. The standard InChI is InChI=1S/C22H31N5O8S/c23-13(6-9-18(29)30)19(31)26-15(10-12-4-2-1-3-5-12)21(33)25-14(7-8-17(24)28)20(32)27-16(11-36)22(34)35/h1-5,13-16,36H,6-11,23H2,(H2,24,28)(H,25,33)(H,26,31)(H,27,32)(H,29,30)(H,34,35). The summed E-state index contributed by atoms with van der Waals surface area (Å²) in [5.74, 6) is -5.91. The summed E-state index contributed by atoms with van der Waals surface area (Å²) in [6.07, 6.45) is -1.02. The highest BCUT2D eigenvalue weighted by Gasteiger charge is 2.30. The van der Waals surface area contributed by atoms with Gasteiger partial charge >= 0.3 is 11.9 Å². The normalized spacial score (nSPS) is 13.9. The summed E-state index contributed by atoms with van der Waals surface area (Å²) in [7, 11) is 0. The van der Waals surface area contributed by atoms with Crippen LogP contribution >= 0.6 is 12.6 Å². The van der Waals surface area contributed by atoms with E-state index < -0.39 is 59.7 Å². The number of hydrogen-bond acceptors (Lipinski definition) is 8. The molecule has 1 aromatic carbocycles. The Morgan fingerprint density at radius 2 is 1.36 bits per heavy atom. The number of benzene rings is 1. The number of rotatable bonds is 16. The molecule has 0 bridgehead atoms. The van der Waals surface area contributed by atoms with Gasteiger partial charge in [-0.05, 0) is 18.4 Å². The molecule has 0 radical (unpaired) electrons. The molecule has 0 heterocycles. The van der Waals surface area contributed by atoms with E-state index in [1.165, 1.54) is 0 Å². The predicted octanol–water partition coefficient (Wildman–Crippen LogP) is -1.84. The van der Waals surface area contributed by atoms with Crippen LogP contribution in [0, 0.1) is 0 Å². The summed E-state index contributed by atoms with van der Waals surface area (Å²) in [5, 5.41) is 25.1. The van der Waals surface area contributed by atoms with Crippen LogP contribution in [0.1, 0.15) is 31.2 Å². The van der Waals surface area contributed by atoms with Crippen molar-refractivity contribution in [1.29, 1.82) is 0 Å². The van der Waals surface area contributed by atoms with Crippen LogP contribution in [0.25, 0.3) is 0 Å². The van der Waals surface area contributed by atoms with Gasteiger partial charge in [0.1, 0.15) is 18.1 Å². The molecule has 0 aliphatic rings. The van der Waals surface area contributed by atoms with E-state index in [0.717, 1.165) is 0 Å². The molecule has 0 saturated carbocycles. The van der Waals surface area contributed by atoms with Gasteiger partial charge in [-0.3, -0.25) is 24.0 Å². The molecular formula is C22H31N5O8S. The summed E-state index contributed by atoms with van der Waals surface area (Å²) in [5.41, 5.74) is 11.6. The Labute approximate surface area is 212 Å². The highest BCUT2D eigenvalue weighted by Crippen LogP contribution is 2.07. The van der Waals surface area contributed by atoms with Gasteiger partial charge in [-0.15, -0.1) is 0 Å². The summed E-state index contributed by atoms with van der Waals surface area (Å²) >= 11 is 3.87. The van der Waals surface area contributed by atoms with E-state index >= 15 is 0 Å². The number of primary amides is 1. The second-order valence-electron chi connectivity index (χ2n) is 7.94. The third-order valence-corrected chi connectivity index (χ3v) is 5.40. The lowest BCUT2D eigenvalue weighted by Crippen LogP contribution is -2.58. The van der Waals surface area contributed by atoms with Crippen LogP contribution in [-0.2, 0) is 35.2 Å². The Morgan fingerprint density at radius 3 is 1.89 bits per heavy atom. The van der Waals surface area contributed by atoms with Gasteiger partial charge in [0.05, 0.1) is 6.04 Å². The molecular weight excluding hydrogens is 494 g/mol. The number of carbonyl (C=O) groups is 6. The molecule has 9 N–H and O–H groups in total. The van der Waals surface area contributed by atoms with Crippen molar-refractivity contribution in [3.05, 3.63) is 35.9 Å². The highest BCUT2D eigenvalue weighted by molar-refractivity contribution is 7.80. The number of nitrogens with one attached hydrogen (secondary N) is 3. The van der Waals surface area contributed by atoms with Crippen molar-refractivity contribution in [1.82, 2.24) is 16.0 Å². The van der Waals surface area contributed by atoms with E-state index in [0.29, 0.717) is 5.56 Å². The molecule has 0 spiro atoms. The number of carboxylic acid groups (broad SMARTS) is 2. The van der Waals surface area contributed by atoms with E-state index in [2.05, 4.69) is 28.6 Å². The average Bonchev–Trinajstić information content (AvgIpc) is 2.82. The predicted molar refractivity (Wildman–Crippen MR) is 131 cm³/mol. The molecule has 0 saturated heterocycles. The second kappa shape index (κ2) is 15.4. The van der Waals surface area contributed by atoms with Gasteiger partial charge in [-0.1, -0.05) is 30.3 Å². The Balaban J connectivity index is 3.08. The van der Waals surface area contributed by atoms with Gasteiger partial charge in [0.15, 0.2) is 0 Å². The minimum atomic E-state index is -1.35. The van der Waals surface area contributed by atoms with Crippen LogP contribution in [0.5, 0.6) is 0 Å². The first-order valence-corrected chi connectivity index (χ1v) is 11.6. The van der Waals surface area contributed by atoms with Crippen molar-refractivity contribution in [3.63, 3.8) is 0 Å². The quantitative estimate of drug-likeness (QED) is 0.113. The SMILES string of the molecule is NC(=O)CCC(NC(=O)C(Cc1ccccc1)NC(=O)C(N)CCC(=O)O)C(=O)NC(CS)C(=O)O. The number of hydrogen-bond donors (Lipinski definition) is 8. The first kappa shape index (κ1) is 30.4. The van der Waals surface area contributed by atoms with Crippen LogP contribution in [0.2, 0.25) is 0 Å². The Hall–Kier alpha value is -3.65. The maximum atomic E-state index is 13.1. The van der Waals surface area contributed by atoms with Crippen LogP contribution in [-0.4, -0.2) is 75.7 Å². The van der Waals surface area contributed by atoms with Crippen LogP contribution < -0.4 is 27.4 Å². The van der Waals surface area contributed by atoms with Gasteiger partial charge in [-0.2, -0.15) is 12.6 Å². The Kier molecular flexibility index (Phi) is 13.0. The lowest BCUT2D eigenvalue weighted by Gasteiger charge is -2.25. The maximum absolute atomic E-state index is 13.1. The number of carbonyl (C=O) groups excluding carboxylic acids is 4. The third-order valence-electron chi connectivity index (χ3n) is 5.03. The van der Waals surface area contributed by atoms with Gasteiger partial charge < -0.3 is 37.6 Å². The Bertz CT molecular complexity index is 946. The molecule has 4 atom stereocenters. The van der Waals surface area contributed by atoms with Crippen molar-refractivity contribution in [3.8, 4) is 0 Å². The van der Waals surface area contributed by atoms with Crippen molar-refractivity contribution < 1.29 is 39.0 Å². The molecule has 36 heavy (non-hydrogen) atoms. The second-order valence-corrected chi connectivity index (χ2v) is 8.30. The van der Waals surface area contributed by atoms with Crippen LogP contribution in [0.4, 0.5) is 0 Å². The van der Waals surface area contributed by atoms with E-state index in [9.17, 15) is 28.8 Å². The van der Waals surface area contributed by atoms with E-state index in [4.69, 9.17) is 21.7 Å². The summed E-state index contributed by atoms with van der Waals surface area (Å²) in [6, 6.07) is 3.49. The largest absolute Gasteiger partial charge is 0.481 e. The summed E-state index contributed by atoms with van der Waals surface area (Å²) < 4.78 is 0. The number of nitrogens with two attached hydrogens (primary N) is 2. The van der Waals surface area contributed by atoms with Gasteiger partial charge in [0.2, 0.25) is 23.6 Å². The first-order chi connectivity index (χ1) is 16.9. The minimum Gasteiger partial charge on any atom is -0.481 e. The monoisotopic (exact) mass is 525 g/mol. The van der Waals surface area contributed by atoms with Gasteiger partial charge in [0.25, 0.3) is 0 Å². The zero-order valence-corrected chi connectivity index (χ0v) is 20.3. The number of thiol groups is 1. The van der Waals surface area contributed by atoms with Gasteiger partial charge in [0, 0.05) is 25.0 Å². The topological polar surface area (TPSA) is 231 Å². The van der Waals surface area contributed by atoms with Crippen LogP contribution in [0.15, 0.2) is 30.3 Å². The molecule has 1 rings (SSSR count). The molecule has 14 heteroatoms. The van der Waals surface area contributed by atoms with Crippen LogP contribution in [0.3, 0.4) is 0 Å². The fourth-order valence-corrected chi connectivity index (χ4v) is 3.28. The molecule has 0 aliphatic carbocycles. The number of amides is 4. The molecule has 0 fully saturated rings. The lowest BCUT2D eigenvalue weighted by atomic mass is 10.0. The van der Waals surface area contributed by atoms with Gasteiger partial charge in [-0.25, -0.2) is 4.79 Å². The van der Waals surface area contributed by atoms with Crippen molar-refractivity contribution in [2.45, 2.75) is 56.3 Å². The van der Waals surface area contributed by atoms with E-state index in [1.807, 2.05) is 0 Å². The maximum Gasteiger partial charge on any atom is 0.327 e. The van der Waals surface area contributed by atoms with Crippen molar-refractivity contribution in [2.75, 3.05) is 5.75 Å². The molecule has 4 unspecified atom stereocenters. The fourth-order valence-electron chi connectivity index (χ4n) is 3.03. The molecule has 198 valence electrons. The third kappa shape index (κ3) is 11.2. The fraction of sp³-hybridized carbons (Fsp3) is 0.455. The summed E-state index contributed by atoms with van der Waals surface area (Å²) in [6.45, 7) is 0.